The third kappa shape index (κ3) is 4.13. The van der Waals surface area contributed by atoms with Gasteiger partial charge in [-0.25, -0.2) is 4.98 Å². The molecule has 0 bridgehead atoms. The summed E-state index contributed by atoms with van der Waals surface area (Å²) in [6.07, 6.45) is 0.954. The van der Waals surface area contributed by atoms with Crippen molar-refractivity contribution in [1.29, 1.82) is 0 Å². The largest absolute Gasteiger partial charge is 0.321 e. The van der Waals surface area contributed by atoms with Crippen LogP contribution in [0.15, 0.2) is 35.7 Å². The third-order valence-electron chi connectivity index (χ3n) is 3.15. The van der Waals surface area contributed by atoms with Crippen LogP contribution in [0.5, 0.6) is 0 Å². The number of hydrogen-bond donors (Lipinski definition) is 2. The molecule has 0 aliphatic heterocycles. The fourth-order valence-corrected chi connectivity index (χ4v) is 2.66. The van der Waals surface area contributed by atoms with Gasteiger partial charge in [-0.2, -0.15) is 0 Å². The standard InChI is InChI=1S/C15H21N3S/c1-12-18-14(10-19-12)8-9-17-11-15(2,16)13-6-4-3-5-7-13/h3-7,10,17H,8-9,11,16H2,1-2H3. The Morgan fingerprint density at radius 2 is 2.05 bits per heavy atom. The lowest BCUT2D eigenvalue weighted by molar-refractivity contribution is 0.448. The molecular weight excluding hydrogens is 254 g/mol. The Balaban J connectivity index is 1.79. The number of benzene rings is 1. The van der Waals surface area contributed by atoms with Crippen molar-refractivity contribution in [3.05, 3.63) is 52.0 Å². The lowest BCUT2D eigenvalue weighted by Gasteiger charge is -2.25. The fourth-order valence-electron chi connectivity index (χ4n) is 2.01. The average Bonchev–Trinajstić information content (AvgIpc) is 2.82. The molecule has 0 saturated heterocycles. The lowest BCUT2D eigenvalue weighted by Crippen LogP contribution is -2.43. The average molecular weight is 275 g/mol. The topological polar surface area (TPSA) is 50.9 Å². The van der Waals surface area contributed by atoms with Gasteiger partial charge < -0.3 is 11.1 Å². The van der Waals surface area contributed by atoms with E-state index >= 15 is 0 Å². The summed E-state index contributed by atoms with van der Waals surface area (Å²) in [5.41, 5.74) is 8.33. The maximum Gasteiger partial charge on any atom is 0.0897 e. The van der Waals surface area contributed by atoms with E-state index in [0.29, 0.717) is 0 Å². The van der Waals surface area contributed by atoms with E-state index in [2.05, 4.69) is 34.7 Å². The van der Waals surface area contributed by atoms with E-state index in [0.717, 1.165) is 35.8 Å². The van der Waals surface area contributed by atoms with Gasteiger partial charge in [-0.3, -0.25) is 0 Å². The first kappa shape index (κ1) is 14.2. The van der Waals surface area contributed by atoms with E-state index in [1.54, 1.807) is 11.3 Å². The van der Waals surface area contributed by atoms with E-state index in [4.69, 9.17) is 5.73 Å². The third-order valence-corrected chi connectivity index (χ3v) is 3.97. The monoisotopic (exact) mass is 275 g/mol. The molecule has 3 N–H and O–H groups in total. The first-order chi connectivity index (χ1) is 9.08. The number of nitrogens with one attached hydrogen (secondary N) is 1. The lowest BCUT2D eigenvalue weighted by atomic mass is 9.93. The van der Waals surface area contributed by atoms with Crippen molar-refractivity contribution < 1.29 is 0 Å². The molecule has 1 heterocycles. The molecule has 1 unspecified atom stereocenters. The van der Waals surface area contributed by atoms with Crippen molar-refractivity contribution in [2.75, 3.05) is 13.1 Å². The molecule has 1 aromatic heterocycles. The summed E-state index contributed by atoms with van der Waals surface area (Å²) < 4.78 is 0. The predicted molar refractivity (Wildman–Crippen MR) is 81.4 cm³/mol. The van der Waals surface area contributed by atoms with Gasteiger partial charge in [0.2, 0.25) is 0 Å². The van der Waals surface area contributed by atoms with Crippen molar-refractivity contribution in [1.82, 2.24) is 10.3 Å². The molecule has 1 aromatic carbocycles. The first-order valence-electron chi connectivity index (χ1n) is 6.54. The van der Waals surface area contributed by atoms with E-state index in [-0.39, 0.29) is 5.54 Å². The Bertz CT molecular complexity index is 505. The highest BCUT2D eigenvalue weighted by atomic mass is 32.1. The summed E-state index contributed by atoms with van der Waals surface area (Å²) in [7, 11) is 0. The maximum atomic E-state index is 6.35. The molecule has 4 heteroatoms. The Hall–Kier alpha value is -1.23. The van der Waals surface area contributed by atoms with E-state index < -0.39 is 0 Å². The molecule has 0 fully saturated rings. The highest BCUT2D eigenvalue weighted by molar-refractivity contribution is 7.09. The number of hydrogen-bond acceptors (Lipinski definition) is 4. The van der Waals surface area contributed by atoms with E-state index in [1.165, 1.54) is 0 Å². The summed E-state index contributed by atoms with van der Waals surface area (Å²) in [5.74, 6) is 0. The van der Waals surface area contributed by atoms with Crippen LogP contribution in [0.2, 0.25) is 0 Å². The number of aryl methyl sites for hydroxylation is 1. The van der Waals surface area contributed by atoms with Crippen LogP contribution in [-0.2, 0) is 12.0 Å². The summed E-state index contributed by atoms with van der Waals surface area (Å²) in [4.78, 5) is 4.45. The molecule has 102 valence electrons. The van der Waals surface area contributed by atoms with Crippen molar-refractivity contribution in [2.24, 2.45) is 5.73 Å². The molecule has 3 nitrogen and oxygen atoms in total. The fraction of sp³-hybridized carbons (Fsp3) is 0.400. The first-order valence-corrected chi connectivity index (χ1v) is 7.42. The maximum absolute atomic E-state index is 6.35. The van der Waals surface area contributed by atoms with Gasteiger partial charge in [-0.05, 0) is 19.4 Å². The van der Waals surface area contributed by atoms with Crippen molar-refractivity contribution in [3.8, 4) is 0 Å². The zero-order valence-corrected chi connectivity index (χ0v) is 12.3. The summed E-state index contributed by atoms with van der Waals surface area (Å²) in [5, 5.41) is 6.67. The molecule has 0 saturated carbocycles. The van der Waals surface area contributed by atoms with E-state index in [9.17, 15) is 0 Å². The quantitative estimate of drug-likeness (QED) is 0.796. The Morgan fingerprint density at radius 3 is 2.68 bits per heavy atom. The van der Waals surface area contributed by atoms with Crippen LogP contribution in [0, 0.1) is 6.92 Å². The summed E-state index contributed by atoms with van der Waals surface area (Å²) >= 11 is 1.70. The van der Waals surface area contributed by atoms with Crippen LogP contribution >= 0.6 is 11.3 Å². The van der Waals surface area contributed by atoms with Gasteiger partial charge in [0.05, 0.1) is 16.2 Å². The van der Waals surface area contributed by atoms with Crippen molar-refractivity contribution in [3.63, 3.8) is 0 Å². The highest BCUT2D eigenvalue weighted by Crippen LogP contribution is 2.16. The second-order valence-corrected chi connectivity index (χ2v) is 6.13. The van der Waals surface area contributed by atoms with Gasteiger partial charge >= 0.3 is 0 Å². The zero-order valence-electron chi connectivity index (χ0n) is 11.5. The van der Waals surface area contributed by atoms with Crippen LogP contribution in [0.25, 0.3) is 0 Å². The molecule has 0 radical (unpaired) electrons. The van der Waals surface area contributed by atoms with E-state index in [1.807, 2.05) is 25.1 Å². The molecule has 0 amide bonds. The van der Waals surface area contributed by atoms with Gasteiger partial charge in [0.15, 0.2) is 0 Å². The summed E-state index contributed by atoms with van der Waals surface area (Å²) in [6.45, 7) is 5.76. The minimum atomic E-state index is -0.334. The van der Waals surface area contributed by atoms with Crippen molar-refractivity contribution >= 4 is 11.3 Å². The van der Waals surface area contributed by atoms with Crippen LogP contribution in [0.3, 0.4) is 0 Å². The second-order valence-electron chi connectivity index (χ2n) is 5.07. The normalized spacial score (nSPS) is 14.3. The van der Waals surface area contributed by atoms with Gasteiger partial charge in [0, 0.05) is 24.9 Å². The minimum Gasteiger partial charge on any atom is -0.321 e. The second kappa shape index (κ2) is 6.28. The van der Waals surface area contributed by atoms with Gasteiger partial charge in [-0.15, -0.1) is 11.3 Å². The number of nitrogens with zero attached hydrogens (tertiary/aromatic N) is 1. The molecule has 0 spiro atoms. The molecule has 0 aliphatic carbocycles. The van der Waals surface area contributed by atoms with Crippen LogP contribution in [-0.4, -0.2) is 18.1 Å². The van der Waals surface area contributed by atoms with Gasteiger partial charge in [0.1, 0.15) is 0 Å². The molecule has 19 heavy (non-hydrogen) atoms. The van der Waals surface area contributed by atoms with Crippen LogP contribution in [0.1, 0.15) is 23.2 Å². The van der Waals surface area contributed by atoms with Gasteiger partial charge in [-0.1, -0.05) is 30.3 Å². The predicted octanol–water partition coefficient (Wildman–Crippen LogP) is 2.46. The summed E-state index contributed by atoms with van der Waals surface area (Å²) in [6, 6.07) is 10.2. The minimum absolute atomic E-state index is 0.334. The van der Waals surface area contributed by atoms with Crippen LogP contribution in [0.4, 0.5) is 0 Å². The van der Waals surface area contributed by atoms with Crippen LogP contribution < -0.4 is 11.1 Å². The number of rotatable bonds is 6. The zero-order chi connectivity index (χ0) is 13.7. The number of thiazole rings is 1. The smallest absolute Gasteiger partial charge is 0.0897 e. The Kier molecular flexibility index (Phi) is 4.69. The Morgan fingerprint density at radius 1 is 1.32 bits per heavy atom. The molecule has 0 aliphatic rings. The number of aromatic nitrogens is 1. The SMILES string of the molecule is Cc1nc(CCNCC(C)(N)c2ccccc2)cs1. The molecule has 2 aromatic rings. The Labute approximate surface area is 118 Å². The number of nitrogens with two attached hydrogens (primary N) is 1. The highest BCUT2D eigenvalue weighted by Gasteiger charge is 2.19. The molecule has 1 atom stereocenters. The van der Waals surface area contributed by atoms with Gasteiger partial charge in [0.25, 0.3) is 0 Å². The van der Waals surface area contributed by atoms with Crippen molar-refractivity contribution in [2.45, 2.75) is 25.8 Å². The molecule has 2 rings (SSSR count). The molecular formula is C15H21N3S.